The minimum Gasteiger partial charge on any atom is -0.389 e. The molecule has 1 rings (SSSR count). The Morgan fingerprint density at radius 1 is 1.28 bits per heavy atom. The summed E-state index contributed by atoms with van der Waals surface area (Å²) in [5.41, 5.74) is 1.54. The molecule has 0 aromatic heterocycles. The van der Waals surface area contributed by atoms with Crippen LogP contribution in [0.5, 0.6) is 0 Å². The van der Waals surface area contributed by atoms with Crippen molar-refractivity contribution >= 4 is 0 Å². The molecule has 0 heterocycles. The third kappa shape index (κ3) is 4.39. The zero-order valence-corrected chi connectivity index (χ0v) is 11.6. The summed E-state index contributed by atoms with van der Waals surface area (Å²) in [6.07, 6.45) is 2.37. The predicted octanol–water partition coefficient (Wildman–Crippen LogP) is 2.82. The lowest BCUT2D eigenvalue weighted by molar-refractivity contribution is 0.0328. The van der Waals surface area contributed by atoms with E-state index in [1.165, 1.54) is 6.07 Å². The molecule has 0 aliphatic heterocycles. The summed E-state index contributed by atoms with van der Waals surface area (Å²) in [7, 11) is 0. The first-order valence-electron chi connectivity index (χ1n) is 6.69. The molecule has 0 spiro atoms. The number of nitrogens with one attached hydrogen (secondary N) is 1. The summed E-state index contributed by atoms with van der Waals surface area (Å²) in [5.74, 6) is -0.185. The van der Waals surface area contributed by atoms with Crippen LogP contribution in [0.25, 0.3) is 0 Å². The molecule has 0 bridgehead atoms. The molecule has 0 aliphatic carbocycles. The number of hydrogen-bond acceptors (Lipinski definition) is 2. The molecule has 0 fully saturated rings. The van der Waals surface area contributed by atoms with E-state index in [0.717, 1.165) is 36.9 Å². The second kappa shape index (κ2) is 6.86. The molecule has 102 valence electrons. The van der Waals surface area contributed by atoms with Crippen molar-refractivity contribution in [3.63, 3.8) is 0 Å². The summed E-state index contributed by atoms with van der Waals surface area (Å²) in [6, 6.07) is 4.89. The van der Waals surface area contributed by atoms with Crippen LogP contribution in [0.3, 0.4) is 0 Å². The molecule has 0 aliphatic rings. The van der Waals surface area contributed by atoms with E-state index in [9.17, 15) is 9.50 Å². The summed E-state index contributed by atoms with van der Waals surface area (Å²) >= 11 is 0. The fourth-order valence-electron chi connectivity index (χ4n) is 1.98. The first-order valence-corrected chi connectivity index (χ1v) is 6.69. The highest BCUT2D eigenvalue weighted by Crippen LogP contribution is 2.13. The molecular weight excluding hydrogens is 229 g/mol. The summed E-state index contributed by atoms with van der Waals surface area (Å²) in [5, 5.41) is 13.4. The predicted molar refractivity (Wildman–Crippen MR) is 73.2 cm³/mol. The Morgan fingerprint density at radius 3 is 2.50 bits per heavy atom. The van der Waals surface area contributed by atoms with Gasteiger partial charge in [-0.15, -0.1) is 0 Å². The van der Waals surface area contributed by atoms with Gasteiger partial charge in [0.05, 0.1) is 5.60 Å². The van der Waals surface area contributed by atoms with Crippen LogP contribution < -0.4 is 5.32 Å². The Labute approximate surface area is 109 Å². The van der Waals surface area contributed by atoms with E-state index >= 15 is 0 Å². The van der Waals surface area contributed by atoms with Gasteiger partial charge in [0, 0.05) is 6.54 Å². The van der Waals surface area contributed by atoms with E-state index in [1.54, 1.807) is 6.07 Å². The van der Waals surface area contributed by atoms with Gasteiger partial charge in [0.25, 0.3) is 0 Å². The van der Waals surface area contributed by atoms with Crippen molar-refractivity contribution in [2.45, 2.75) is 45.6 Å². The zero-order chi connectivity index (χ0) is 13.6. The van der Waals surface area contributed by atoms with Crippen molar-refractivity contribution in [3.8, 4) is 0 Å². The molecule has 1 aromatic rings. The van der Waals surface area contributed by atoms with Crippen molar-refractivity contribution in [1.82, 2.24) is 5.32 Å². The molecule has 0 unspecified atom stereocenters. The normalized spacial score (nSPS) is 11.8. The Hall–Kier alpha value is -0.930. The van der Waals surface area contributed by atoms with Gasteiger partial charge in [0.1, 0.15) is 5.82 Å². The van der Waals surface area contributed by atoms with Crippen molar-refractivity contribution in [3.05, 3.63) is 35.1 Å². The van der Waals surface area contributed by atoms with Crippen LogP contribution in [0.2, 0.25) is 0 Å². The quantitative estimate of drug-likeness (QED) is 0.732. The van der Waals surface area contributed by atoms with Gasteiger partial charge in [-0.3, -0.25) is 0 Å². The number of halogens is 1. The topological polar surface area (TPSA) is 32.3 Å². The molecule has 2 nitrogen and oxygen atoms in total. The number of aliphatic hydroxyl groups is 1. The van der Waals surface area contributed by atoms with Crippen LogP contribution >= 0.6 is 0 Å². The van der Waals surface area contributed by atoms with E-state index in [-0.39, 0.29) is 5.82 Å². The fraction of sp³-hybridized carbons (Fsp3) is 0.600. The van der Waals surface area contributed by atoms with Crippen LogP contribution in [0.15, 0.2) is 18.2 Å². The van der Waals surface area contributed by atoms with Gasteiger partial charge in [-0.1, -0.05) is 19.9 Å². The van der Waals surface area contributed by atoms with Gasteiger partial charge in [-0.2, -0.15) is 0 Å². The molecule has 0 radical (unpaired) electrons. The highest BCUT2D eigenvalue weighted by Gasteiger charge is 2.20. The van der Waals surface area contributed by atoms with Crippen LogP contribution in [0.1, 0.15) is 37.8 Å². The van der Waals surface area contributed by atoms with E-state index in [4.69, 9.17) is 0 Å². The highest BCUT2D eigenvalue weighted by atomic mass is 19.1. The number of hydrogen-bond donors (Lipinski definition) is 2. The van der Waals surface area contributed by atoms with E-state index in [0.29, 0.717) is 6.54 Å². The monoisotopic (exact) mass is 253 g/mol. The molecule has 0 atom stereocenters. The van der Waals surface area contributed by atoms with Crippen molar-refractivity contribution in [2.75, 3.05) is 13.1 Å². The molecule has 0 saturated heterocycles. The lowest BCUT2D eigenvalue weighted by atomic mass is 9.97. The van der Waals surface area contributed by atoms with Crippen molar-refractivity contribution in [1.29, 1.82) is 0 Å². The second-order valence-corrected chi connectivity index (χ2v) is 4.93. The van der Waals surface area contributed by atoms with Gasteiger partial charge in [-0.25, -0.2) is 4.39 Å². The Kier molecular flexibility index (Phi) is 5.76. The molecule has 3 heteroatoms. The van der Waals surface area contributed by atoms with Gasteiger partial charge < -0.3 is 10.4 Å². The first-order chi connectivity index (χ1) is 8.50. The summed E-state index contributed by atoms with van der Waals surface area (Å²) in [6.45, 7) is 7.33. The van der Waals surface area contributed by atoms with Gasteiger partial charge in [0.15, 0.2) is 0 Å². The first kappa shape index (κ1) is 15.1. The molecular formula is C15H24FNO. The van der Waals surface area contributed by atoms with Crippen LogP contribution in [-0.2, 0) is 6.42 Å². The Bertz CT molecular complexity index is 375. The second-order valence-electron chi connectivity index (χ2n) is 4.93. The SMILES string of the molecule is CCC(O)(CC)CNCCc1ccc(F)cc1C. The van der Waals surface area contributed by atoms with Crippen LogP contribution in [0, 0.1) is 12.7 Å². The fourth-order valence-corrected chi connectivity index (χ4v) is 1.98. The zero-order valence-electron chi connectivity index (χ0n) is 11.6. The van der Waals surface area contributed by atoms with Gasteiger partial charge >= 0.3 is 0 Å². The van der Waals surface area contributed by atoms with Gasteiger partial charge in [0.2, 0.25) is 0 Å². The largest absolute Gasteiger partial charge is 0.389 e. The van der Waals surface area contributed by atoms with Crippen molar-refractivity contribution in [2.24, 2.45) is 0 Å². The highest BCUT2D eigenvalue weighted by molar-refractivity contribution is 5.26. The molecule has 0 amide bonds. The maximum Gasteiger partial charge on any atom is 0.123 e. The van der Waals surface area contributed by atoms with E-state index < -0.39 is 5.60 Å². The number of benzene rings is 1. The van der Waals surface area contributed by atoms with Gasteiger partial charge in [-0.05, 0) is 56.0 Å². The minimum atomic E-state index is -0.599. The third-order valence-electron chi connectivity index (χ3n) is 3.65. The van der Waals surface area contributed by atoms with Crippen molar-refractivity contribution < 1.29 is 9.50 Å². The molecule has 0 saturated carbocycles. The third-order valence-corrected chi connectivity index (χ3v) is 3.65. The Morgan fingerprint density at radius 2 is 1.94 bits per heavy atom. The average molecular weight is 253 g/mol. The number of rotatable bonds is 7. The standard InChI is InChI=1S/C15H24FNO/c1-4-15(18,5-2)11-17-9-8-13-6-7-14(16)10-12(13)3/h6-7,10,17-18H,4-5,8-9,11H2,1-3H3. The van der Waals surface area contributed by atoms with E-state index in [1.807, 2.05) is 26.8 Å². The lowest BCUT2D eigenvalue weighted by Gasteiger charge is -2.25. The van der Waals surface area contributed by atoms with Crippen LogP contribution in [0.4, 0.5) is 4.39 Å². The smallest absolute Gasteiger partial charge is 0.123 e. The lowest BCUT2D eigenvalue weighted by Crippen LogP contribution is -2.40. The molecule has 1 aromatic carbocycles. The van der Waals surface area contributed by atoms with Crippen LogP contribution in [-0.4, -0.2) is 23.8 Å². The summed E-state index contributed by atoms with van der Waals surface area (Å²) in [4.78, 5) is 0. The molecule has 18 heavy (non-hydrogen) atoms. The van der Waals surface area contributed by atoms with E-state index in [2.05, 4.69) is 5.32 Å². The maximum absolute atomic E-state index is 12.9. The molecule has 2 N–H and O–H groups in total. The number of aryl methyl sites for hydroxylation is 1. The average Bonchev–Trinajstić information content (AvgIpc) is 2.36. The minimum absolute atomic E-state index is 0.185. The summed E-state index contributed by atoms with van der Waals surface area (Å²) < 4.78 is 12.9. The Balaban J connectivity index is 2.38. The maximum atomic E-state index is 12.9.